The molecule has 1 aromatic carbocycles. The van der Waals surface area contributed by atoms with Gasteiger partial charge in [-0.25, -0.2) is 0 Å². The Morgan fingerprint density at radius 2 is 1.88 bits per heavy atom. The number of carbonyl (C=O) groups excluding carboxylic acids is 1. The second kappa shape index (κ2) is 5.45. The predicted octanol–water partition coefficient (Wildman–Crippen LogP) is 2.57. The molecule has 17 heavy (non-hydrogen) atoms. The second-order valence-corrected chi connectivity index (χ2v) is 5.54. The zero-order valence-corrected chi connectivity index (χ0v) is 11.2. The number of ether oxygens (including phenoxy) is 1. The third-order valence-electron chi connectivity index (χ3n) is 2.04. The SMILES string of the molecule is CC(C)(C)OC(=O)C(S)Cc1ccc(O)cc1. The highest BCUT2D eigenvalue weighted by atomic mass is 32.1. The van der Waals surface area contributed by atoms with Gasteiger partial charge in [-0.1, -0.05) is 12.1 Å². The summed E-state index contributed by atoms with van der Waals surface area (Å²) in [7, 11) is 0. The summed E-state index contributed by atoms with van der Waals surface area (Å²) in [6.07, 6.45) is 0.484. The van der Waals surface area contributed by atoms with Gasteiger partial charge in [0.15, 0.2) is 0 Å². The monoisotopic (exact) mass is 254 g/mol. The van der Waals surface area contributed by atoms with E-state index in [2.05, 4.69) is 12.6 Å². The number of esters is 1. The smallest absolute Gasteiger partial charge is 0.319 e. The van der Waals surface area contributed by atoms with E-state index in [0.717, 1.165) is 5.56 Å². The van der Waals surface area contributed by atoms with Crippen LogP contribution in [0.4, 0.5) is 0 Å². The third kappa shape index (κ3) is 5.13. The van der Waals surface area contributed by atoms with Crippen molar-refractivity contribution < 1.29 is 14.6 Å². The summed E-state index contributed by atoms with van der Waals surface area (Å²) in [5.74, 6) is -0.115. The van der Waals surface area contributed by atoms with E-state index in [0.29, 0.717) is 6.42 Å². The summed E-state index contributed by atoms with van der Waals surface area (Å²) in [5.41, 5.74) is 0.446. The van der Waals surface area contributed by atoms with Gasteiger partial charge in [0.2, 0.25) is 0 Å². The summed E-state index contributed by atoms with van der Waals surface area (Å²) < 4.78 is 5.23. The molecule has 94 valence electrons. The zero-order chi connectivity index (χ0) is 13.1. The minimum absolute atomic E-state index is 0.210. The Kier molecular flexibility index (Phi) is 4.46. The van der Waals surface area contributed by atoms with Gasteiger partial charge in [0.1, 0.15) is 16.6 Å². The molecule has 0 bridgehead atoms. The van der Waals surface area contributed by atoms with Gasteiger partial charge in [-0.2, -0.15) is 12.6 Å². The standard InChI is InChI=1S/C13H18O3S/c1-13(2,3)16-12(15)11(17)8-9-4-6-10(14)7-5-9/h4-7,11,14,17H,8H2,1-3H3. The van der Waals surface area contributed by atoms with Gasteiger partial charge in [0.05, 0.1) is 0 Å². The number of phenolic OH excluding ortho intramolecular Hbond substituents is 1. The quantitative estimate of drug-likeness (QED) is 0.644. The molecular formula is C13H18O3S. The highest BCUT2D eigenvalue weighted by molar-refractivity contribution is 7.81. The number of thiol groups is 1. The molecule has 1 N–H and O–H groups in total. The predicted molar refractivity (Wildman–Crippen MR) is 70.4 cm³/mol. The van der Waals surface area contributed by atoms with E-state index in [9.17, 15) is 4.79 Å². The molecule has 1 aromatic rings. The molecule has 0 fully saturated rings. The molecule has 0 aliphatic rings. The first-order valence-corrected chi connectivity index (χ1v) is 5.98. The largest absolute Gasteiger partial charge is 0.508 e. The first kappa shape index (κ1) is 13.9. The zero-order valence-electron chi connectivity index (χ0n) is 10.3. The molecule has 4 heteroatoms. The fraction of sp³-hybridized carbons (Fsp3) is 0.462. The lowest BCUT2D eigenvalue weighted by Crippen LogP contribution is -2.30. The summed E-state index contributed by atoms with van der Waals surface area (Å²) >= 11 is 4.24. The molecule has 0 saturated heterocycles. The van der Waals surface area contributed by atoms with Crippen LogP contribution in [0.15, 0.2) is 24.3 Å². The van der Waals surface area contributed by atoms with Gasteiger partial charge >= 0.3 is 5.97 Å². The molecule has 0 aliphatic carbocycles. The number of hydrogen-bond donors (Lipinski definition) is 2. The van der Waals surface area contributed by atoms with Crippen molar-refractivity contribution in [2.45, 2.75) is 38.0 Å². The van der Waals surface area contributed by atoms with E-state index in [1.807, 2.05) is 20.8 Å². The highest BCUT2D eigenvalue weighted by Gasteiger charge is 2.22. The Morgan fingerprint density at radius 3 is 2.35 bits per heavy atom. The van der Waals surface area contributed by atoms with Gasteiger partial charge < -0.3 is 9.84 Å². The van der Waals surface area contributed by atoms with Crippen LogP contribution in [-0.4, -0.2) is 21.9 Å². The fourth-order valence-corrected chi connectivity index (χ4v) is 1.57. The van der Waals surface area contributed by atoms with Crippen molar-refractivity contribution in [1.82, 2.24) is 0 Å². The van der Waals surface area contributed by atoms with Gasteiger partial charge in [-0.15, -0.1) is 0 Å². The Labute approximate surface area is 107 Å². The molecule has 1 atom stereocenters. The van der Waals surface area contributed by atoms with E-state index in [4.69, 9.17) is 9.84 Å². The summed E-state index contributed by atoms with van der Waals surface area (Å²) in [6, 6.07) is 6.71. The van der Waals surface area contributed by atoms with Crippen molar-refractivity contribution in [3.63, 3.8) is 0 Å². The second-order valence-electron chi connectivity index (χ2n) is 4.92. The van der Waals surface area contributed by atoms with Crippen molar-refractivity contribution in [3.8, 4) is 5.75 Å². The number of hydrogen-bond acceptors (Lipinski definition) is 4. The number of aromatic hydroxyl groups is 1. The van der Waals surface area contributed by atoms with E-state index in [1.165, 1.54) is 0 Å². The molecule has 1 rings (SSSR count). The number of rotatable bonds is 3. The normalized spacial score (nSPS) is 13.2. The van der Waals surface area contributed by atoms with Gasteiger partial charge in [-0.3, -0.25) is 4.79 Å². The Morgan fingerprint density at radius 1 is 1.35 bits per heavy atom. The van der Waals surface area contributed by atoms with Crippen LogP contribution in [0.1, 0.15) is 26.3 Å². The molecule has 0 aliphatic heterocycles. The molecular weight excluding hydrogens is 236 g/mol. The molecule has 0 spiro atoms. The molecule has 0 saturated carbocycles. The van der Waals surface area contributed by atoms with Crippen molar-refractivity contribution >= 4 is 18.6 Å². The van der Waals surface area contributed by atoms with Crippen LogP contribution in [0, 0.1) is 0 Å². The van der Waals surface area contributed by atoms with Crippen LogP contribution in [-0.2, 0) is 16.0 Å². The highest BCUT2D eigenvalue weighted by Crippen LogP contribution is 2.16. The van der Waals surface area contributed by atoms with Crippen LogP contribution >= 0.6 is 12.6 Å². The average Bonchev–Trinajstić information content (AvgIpc) is 2.19. The third-order valence-corrected chi connectivity index (χ3v) is 2.44. The number of phenols is 1. The van der Waals surface area contributed by atoms with Crippen LogP contribution in [0.25, 0.3) is 0 Å². The van der Waals surface area contributed by atoms with Crippen molar-refractivity contribution in [2.75, 3.05) is 0 Å². The van der Waals surface area contributed by atoms with Gasteiger partial charge in [0.25, 0.3) is 0 Å². The number of carbonyl (C=O) groups is 1. The Balaban J connectivity index is 2.57. The topological polar surface area (TPSA) is 46.5 Å². The maximum absolute atomic E-state index is 11.7. The van der Waals surface area contributed by atoms with Gasteiger partial charge in [0, 0.05) is 0 Å². The maximum Gasteiger partial charge on any atom is 0.319 e. The van der Waals surface area contributed by atoms with Crippen molar-refractivity contribution in [3.05, 3.63) is 29.8 Å². The lowest BCUT2D eigenvalue weighted by Gasteiger charge is -2.21. The number of benzene rings is 1. The van der Waals surface area contributed by atoms with Crippen molar-refractivity contribution in [2.24, 2.45) is 0 Å². The van der Waals surface area contributed by atoms with Crippen LogP contribution in [0.2, 0.25) is 0 Å². The van der Waals surface area contributed by atoms with E-state index in [1.54, 1.807) is 24.3 Å². The summed E-state index contributed by atoms with van der Waals surface area (Å²) in [6.45, 7) is 5.48. The summed E-state index contributed by atoms with van der Waals surface area (Å²) in [4.78, 5) is 11.7. The molecule has 1 unspecified atom stereocenters. The minimum atomic E-state index is -0.493. The first-order valence-electron chi connectivity index (χ1n) is 5.47. The molecule has 0 amide bonds. The van der Waals surface area contributed by atoms with E-state index < -0.39 is 10.9 Å². The van der Waals surface area contributed by atoms with E-state index >= 15 is 0 Å². The molecule has 3 nitrogen and oxygen atoms in total. The van der Waals surface area contributed by atoms with Gasteiger partial charge in [-0.05, 0) is 44.9 Å². The van der Waals surface area contributed by atoms with Crippen LogP contribution in [0.3, 0.4) is 0 Å². The van der Waals surface area contributed by atoms with Crippen LogP contribution < -0.4 is 0 Å². The first-order chi connectivity index (χ1) is 7.78. The van der Waals surface area contributed by atoms with E-state index in [-0.39, 0.29) is 11.7 Å². The maximum atomic E-state index is 11.7. The fourth-order valence-electron chi connectivity index (χ4n) is 1.31. The molecule has 0 radical (unpaired) electrons. The average molecular weight is 254 g/mol. The molecule has 0 aromatic heterocycles. The lowest BCUT2D eigenvalue weighted by atomic mass is 10.1. The minimum Gasteiger partial charge on any atom is -0.508 e. The Bertz CT molecular complexity index is 379. The van der Waals surface area contributed by atoms with Crippen LogP contribution in [0.5, 0.6) is 5.75 Å². The Hall–Kier alpha value is -1.16. The lowest BCUT2D eigenvalue weighted by molar-refractivity contribution is -0.154. The summed E-state index contributed by atoms with van der Waals surface area (Å²) in [5, 5.41) is 8.65. The molecule has 0 heterocycles. The van der Waals surface area contributed by atoms with Crippen molar-refractivity contribution in [1.29, 1.82) is 0 Å².